The minimum Gasteiger partial charge on any atom is -0.375 e. The van der Waals surface area contributed by atoms with Crippen molar-refractivity contribution in [1.82, 2.24) is 4.98 Å². The van der Waals surface area contributed by atoms with E-state index in [4.69, 9.17) is 28.9 Å². The average Bonchev–Trinajstić information content (AvgIpc) is 2.47. The predicted molar refractivity (Wildman–Crippen MR) is 63.4 cm³/mol. The minimum atomic E-state index is 0.549. The second-order valence-electron chi connectivity index (χ2n) is 2.90. The molecule has 0 spiro atoms. The van der Waals surface area contributed by atoms with Gasteiger partial charge in [0.2, 0.25) is 0 Å². The molecule has 1 aromatic carbocycles. The minimum absolute atomic E-state index is 0.549. The van der Waals surface area contributed by atoms with Crippen molar-refractivity contribution in [2.75, 3.05) is 5.73 Å². The molecule has 0 saturated carbocycles. The Kier molecular flexibility index (Phi) is 2.56. The number of rotatable bonds is 1. The summed E-state index contributed by atoms with van der Waals surface area (Å²) in [6.07, 6.45) is 0.805. The first-order valence-corrected chi connectivity index (χ1v) is 5.73. The Morgan fingerprint density at radius 2 is 2.21 bits per heavy atom. The highest BCUT2D eigenvalue weighted by molar-refractivity contribution is 7.22. The number of benzene rings is 1. The maximum atomic E-state index is 6.07. The van der Waals surface area contributed by atoms with Crippen LogP contribution in [-0.4, -0.2) is 4.98 Å². The number of thiazole rings is 1. The Bertz CT molecular complexity index is 493. The van der Waals surface area contributed by atoms with E-state index >= 15 is 0 Å². The summed E-state index contributed by atoms with van der Waals surface area (Å²) < 4.78 is 0.994. The zero-order valence-electron chi connectivity index (χ0n) is 7.47. The fraction of sp³-hybridized carbons (Fsp3) is 0.222. The summed E-state index contributed by atoms with van der Waals surface area (Å²) in [5, 5.41) is 1.71. The summed E-state index contributed by atoms with van der Waals surface area (Å²) in [5.74, 6) is 0. The number of aromatic nitrogens is 1. The van der Waals surface area contributed by atoms with Crippen LogP contribution in [0.1, 0.15) is 12.5 Å². The number of nitrogens with zero attached hydrogens (tertiary/aromatic N) is 1. The number of hydrogen-bond donors (Lipinski definition) is 1. The second-order valence-corrected chi connectivity index (χ2v) is 4.75. The molecule has 0 atom stereocenters. The van der Waals surface area contributed by atoms with Gasteiger partial charge in [0.15, 0.2) is 5.13 Å². The van der Waals surface area contributed by atoms with Gasteiger partial charge in [0.05, 0.1) is 20.3 Å². The summed E-state index contributed by atoms with van der Waals surface area (Å²) in [4.78, 5) is 4.24. The van der Waals surface area contributed by atoms with Crippen LogP contribution in [0.5, 0.6) is 0 Å². The highest BCUT2D eigenvalue weighted by Gasteiger charge is 2.12. The van der Waals surface area contributed by atoms with Gasteiger partial charge >= 0.3 is 0 Å². The maximum Gasteiger partial charge on any atom is 0.181 e. The Morgan fingerprint density at radius 1 is 1.50 bits per heavy atom. The van der Waals surface area contributed by atoms with Gasteiger partial charge in [0, 0.05) is 0 Å². The molecule has 2 nitrogen and oxygen atoms in total. The molecular formula is C9H8Cl2N2S. The van der Waals surface area contributed by atoms with E-state index in [0.29, 0.717) is 15.2 Å². The molecule has 2 rings (SSSR count). The molecule has 0 aliphatic heterocycles. The summed E-state index contributed by atoms with van der Waals surface area (Å²) in [7, 11) is 0. The number of fused-ring (bicyclic) bond motifs is 1. The first-order valence-electron chi connectivity index (χ1n) is 4.16. The van der Waals surface area contributed by atoms with Crippen LogP contribution in [-0.2, 0) is 6.42 Å². The molecule has 0 aliphatic rings. The van der Waals surface area contributed by atoms with Crippen LogP contribution in [0.3, 0.4) is 0 Å². The molecule has 0 amide bonds. The molecule has 2 aromatic rings. The molecule has 0 bridgehead atoms. The van der Waals surface area contributed by atoms with Crippen molar-refractivity contribution in [3.05, 3.63) is 21.7 Å². The molecule has 0 saturated heterocycles. The fourth-order valence-electron chi connectivity index (χ4n) is 1.41. The lowest BCUT2D eigenvalue weighted by atomic mass is 10.1. The normalized spacial score (nSPS) is 11.1. The number of nitrogens with two attached hydrogens (primary N) is 1. The summed E-state index contributed by atoms with van der Waals surface area (Å²) >= 11 is 13.5. The number of nitrogen functional groups attached to an aromatic ring is 1. The molecule has 0 fully saturated rings. The topological polar surface area (TPSA) is 38.9 Å². The van der Waals surface area contributed by atoms with E-state index in [-0.39, 0.29) is 0 Å². The SMILES string of the molecule is CCc1c(Cl)c(Cl)cc2sc(N)nc12. The van der Waals surface area contributed by atoms with Crippen LogP contribution in [0, 0.1) is 0 Å². The zero-order valence-corrected chi connectivity index (χ0v) is 9.80. The van der Waals surface area contributed by atoms with Gasteiger partial charge in [-0.2, -0.15) is 0 Å². The number of anilines is 1. The van der Waals surface area contributed by atoms with Crippen LogP contribution in [0.2, 0.25) is 10.0 Å². The molecule has 0 aliphatic carbocycles. The third kappa shape index (κ3) is 1.45. The smallest absolute Gasteiger partial charge is 0.181 e. The van der Waals surface area contributed by atoms with E-state index < -0.39 is 0 Å². The fourth-order valence-corrected chi connectivity index (χ4v) is 2.78. The van der Waals surface area contributed by atoms with Crippen LogP contribution in [0.4, 0.5) is 5.13 Å². The van der Waals surface area contributed by atoms with E-state index in [9.17, 15) is 0 Å². The largest absolute Gasteiger partial charge is 0.375 e. The Balaban J connectivity index is 2.87. The molecule has 0 radical (unpaired) electrons. The Hall–Kier alpha value is -0.510. The van der Waals surface area contributed by atoms with Gasteiger partial charge in [-0.15, -0.1) is 0 Å². The number of aryl methyl sites for hydroxylation is 1. The van der Waals surface area contributed by atoms with Crippen molar-refractivity contribution in [3.8, 4) is 0 Å². The van der Waals surface area contributed by atoms with Gasteiger partial charge in [0.25, 0.3) is 0 Å². The van der Waals surface area contributed by atoms with Crippen LogP contribution >= 0.6 is 34.5 Å². The predicted octanol–water partition coefficient (Wildman–Crippen LogP) is 3.75. The Labute approximate surface area is 95.6 Å². The number of halogens is 2. The molecule has 14 heavy (non-hydrogen) atoms. The van der Waals surface area contributed by atoms with Gasteiger partial charge in [-0.3, -0.25) is 0 Å². The monoisotopic (exact) mass is 246 g/mol. The first-order chi connectivity index (χ1) is 6.63. The summed E-state index contributed by atoms with van der Waals surface area (Å²) in [6.45, 7) is 2.02. The lowest BCUT2D eigenvalue weighted by Crippen LogP contribution is -1.87. The van der Waals surface area contributed by atoms with Crippen molar-refractivity contribution in [1.29, 1.82) is 0 Å². The van der Waals surface area contributed by atoms with Gasteiger partial charge in [-0.1, -0.05) is 41.5 Å². The van der Waals surface area contributed by atoms with Crippen molar-refractivity contribution < 1.29 is 0 Å². The molecule has 74 valence electrons. The quantitative estimate of drug-likeness (QED) is 0.833. The van der Waals surface area contributed by atoms with Crippen molar-refractivity contribution >= 4 is 49.9 Å². The summed E-state index contributed by atoms with van der Waals surface area (Å²) in [5.41, 5.74) is 7.49. The Morgan fingerprint density at radius 3 is 2.86 bits per heavy atom. The molecule has 2 N–H and O–H groups in total. The van der Waals surface area contributed by atoms with Gasteiger partial charge in [-0.25, -0.2) is 4.98 Å². The average molecular weight is 247 g/mol. The van der Waals surface area contributed by atoms with Crippen LogP contribution < -0.4 is 5.73 Å². The molecule has 0 unspecified atom stereocenters. The van der Waals surface area contributed by atoms with E-state index in [1.54, 1.807) is 0 Å². The van der Waals surface area contributed by atoms with E-state index in [1.165, 1.54) is 11.3 Å². The molecule has 5 heteroatoms. The van der Waals surface area contributed by atoms with Crippen LogP contribution in [0.25, 0.3) is 10.2 Å². The third-order valence-electron chi connectivity index (χ3n) is 2.04. The van der Waals surface area contributed by atoms with E-state index in [1.807, 2.05) is 13.0 Å². The summed E-state index contributed by atoms with van der Waals surface area (Å²) in [6, 6.07) is 1.81. The third-order valence-corrected chi connectivity index (χ3v) is 3.70. The zero-order chi connectivity index (χ0) is 10.3. The van der Waals surface area contributed by atoms with Gasteiger partial charge in [-0.05, 0) is 18.1 Å². The molecule has 1 aromatic heterocycles. The van der Waals surface area contributed by atoms with E-state index in [2.05, 4.69) is 4.98 Å². The molecular weight excluding hydrogens is 239 g/mol. The highest BCUT2D eigenvalue weighted by atomic mass is 35.5. The maximum absolute atomic E-state index is 6.07. The van der Waals surface area contributed by atoms with Crippen LogP contribution in [0.15, 0.2) is 6.07 Å². The number of hydrogen-bond acceptors (Lipinski definition) is 3. The second kappa shape index (κ2) is 3.57. The molecule has 1 heterocycles. The highest BCUT2D eigenvalue weighted by Crippen LogP contribution is 2.36. The first kappa shape index (κ1) is 10.0. The van der Waals surface area contributed by atoms with E-state index in [0.717, 1.165) is 22.2 Å². The lowest BCUT2D eigenvalue weighted by molar-refractivity contribution is 1.15. The van der Waals surface area contributed by atoms with Gasteiger partial charge < -0.3 is 5.73 Å². The van der Waals surface area contributed by atoms with Gasteiger partial charge in [0.1, 0.15) is 0 Å². The standard InChI is InChI=1S/C9H8Cl2N2S/c1-2-4-7(11)5(10)3-6-8(4)13-9(12)14-6/h3H,2H2,1H3,(H2,12,13). The lowest BCUT2D eigenvalue weighted by Gasteiger charge is -2.03. The van der Waals surface area contributed by atoms with Crippen molar-refractivity contribution in [3.63, 3.8) is 0 Å². The van der Waals surface area contributed by atoms with Crippen molar-refractivity contribution in [2.24, 2.45) is 0 Å². The van der Waals surface area contributed by atoms with Crippen molar-refractivity contribution in [2.45, 2.75) is 13.3 Å².